The van der Waals surface area contributed by atoms with Gasteiger partial charge in [0.05, 0.1) is 12.2 Å². The second-order valence-electron chi connectivity index (χ2n) is 9.09. The van der Waals surface area contributed by atoms with Crippen LogP contribution in [0, 0.1) is 18.6 Å². The lowest BCUT2D eigenvalue weighted by Crippen LogP contribution is -2.23. The molecule has 0 atom stereocenters. The summed E-state index contributed by atoms with van der Waals surface area (Å²) in [5, 5.41) is 5.50. The molecule has 0 fully saturated rings. The van der Waals surface area contributed by atoms with E-state index in [9.17, 15) is 18.4 Å². The third-order valence-corrected chi connectivity index (χ3v) is 6.44. The predicted octanol–water partition coefficient (Wildman–Crippen LogP) is 5.17. The van der Waals surface area contributed by atoms with Crippen LogP contribution < -0.4 is 5.56 Å². The molecule has 3 aromatic carbocycles. The van der Waals surface area contributed by atoms with Gasteiger partial charge in [-0.15, -0.1) is 0 Å². The molecule has 0 N–H and O–H groups in total. The van der Waals surface area contributed by atoms with Crippen molar-refractivity contribution >= 4 is 16.9 Å². The van der Waals surface area contributed by atoms with Gasteiger partial charge in [-0.25, -0.2) is 13.5 Å². The van der Waals surface area contributed by atoms with Gasteiger partial charge in [0.15, 0.2) is 0 Å². The zero-order valence-corrected chi connectivity index (χ0v) is 20.7. The molecule has 0 spiro atoms. The lowest BCUT2D eigenvalue weighted by atomic mass is 10.1. The van der Waals surface area contributed by atoms with Crippen LogP contribution >= 0.6 is 0 Å². The molecular weight excluding hydrogens is 488 g/mol. The third-order valence-electron chi connectivity index (χ3n) is 6.44. The zero-order valence-electron chi connectivity index (χ0n) is 20.7. The first-order chi connectivity index (χ1) is 18.4. The van der Waals surface area contributed by atoms with Crippen LogP contribution in [0.4, 0.5) is 8.78 Å². The largest absolute Gasteiger partial charge is 0.459 e. The quantitative estimate of drug-likeness (QED) is 0.269. The van der Waals surface area contributed by atoms with Crippen molar-refractivity contribution in [2.24, 2.45) is 0 Å². The number of nitrogens with zero attached hydrogens (tertiary/aromatic N) is 3. The van der Waals surface area contributed by atoms with E-state index in [-0.39, 0.29) is 36.9 Å². The summed E-state index contributed by atoms with van der Waals surface area (Å²) in [7, 11) is 0. The Hall–Kier alpha value is -4.59. The van der Waals surface area contributed by atoms with Crippen LogP contribution in [0.1, 0.15) is 28.1 Å². The highest BCUT2D eigenvalue weighted by Gasteiger charge is 2.18. The average molecular weight is 514 g/mol. The summed E-state index contributed by atoms with van der Waals surface area (Å²) in [4.78, 5) is 25.1. The second-order valence-corrected chi connectivity index (χ2v) is 9.09. The summed E-state index contributed by atoms with van der Waals surface area (Å²) in [5.74, 6) is -1.19. The molecule has 2 aromatic heterocycles. The minimum atomic E-state index is -0.438. The van der Waals surface area contributed by atoms with Crippen LogP contribution in [0.15, 0.2) is 89.7 Å². The first-order valence-corrected chi connectivity index (χ1v) is 12.2. The number of ether oxygens (including phenoxy) is 1. The smallest absolute Gasteiger partial charge is 0.326 e. The highest BCUT2D eigenvalue weighted by atomic mass is 19.1. The fraction of sp³-hybridized carbons (Fsp3) is 0.167. The van der Waals surface area contributed by atoms with Gasteiger partial charge in [-0.05, 0) is 60.0 Å². The lowest BCUT2D eigenvalue weighted by molar-refractivity contribution is -0.145. The van der Waals surface area contributed by atoms with Gasteiger partial charge >= 0.3 is 5.97 Å². The molecule has 8 heteroatoms. The monoisotopic (exact) mass is 513 g/mol. The van der Waals surface area contributed by atoms with E-state index < -0.39 is 5.97 Å². The molecule has 0 saturated heterocycles. The summed E-state index contributed by atoms with van der Waals surface area (Å²) in [6.07, 6.45) is 0.432. The molecule has 0 saturated carbocycles. The Morgan fingerprint density at radius 2 is 1.61 bits per heavy atom. The first-order valence-electron chi connectivity index (χ1n) is 12.2. The first kappa shape index (κ1) is 25.1. The van der Waals surface area contributed by atoms with Gasteiger partial charge in [0.2, 0.25) is 0 Å². The van der Waals surface area contributed by atoms with Crippen molar-refractivity contribution in [3.05, 3.63) is 135 Å². The highest BCUT2D eigenvalue weighted by Crippen LogP contribution is 2.28. The maximum Gasteiger partial charge on any atom is 0.326 e. The maximum atomic E-state index is 13.6. The van der Waals surface area contributed by atoms with Gasteiger partial charge in [-0.1, -0.05) is 42.5 Å². The fourth-order valence-corrected chi connectivity index (χ4v) is 4.58. The van der Waals surface area contributed by atoms with Crippen molar-refractivity contribution in [3.8, 4) is 0 Å². The molecule has 2 heterocycles. The molecule has 0 bridgehead atoms. The number of benzene rings is 3. The van der Waals surface area contributed by atoms with Crippen molar-refractivity contribution in [2.75, 3.05) is 0 Å². The van der Waals surface area contributed by atoms with E-state index in [1.165, 1.54) is 35.0 Å². The summed E-state index contributed by atoms with van der Waals surface area (Å²) >= 11 is 0. The average Bonchev–Trinajstić information content (AvgIpc) is 3.15. The summed E-state index contributed by atoms with van der Waals surface area (Å²) in [6.45, 7) is 2.06. The molecule has 0 radical (unpaired) electrons. The molecule has 6 nitrogen and oxygen atoms in total. The Bertz CT molecular complexity index is 1690. The van der Waals surface area contributed by atoms with E-state index in [1.54, 1.807) is 30.3 Å². The SMILES string of the molecule is Cc1c(Cc2ccc(=O)n(Cc3cccc(F)c3)n2)c2ccccc2n1CC(=O)OCc1cccc(F)c1. The molecular formula is C30H25F2N3O3. The summed E-state index contributed by atoms with van der Waals surface area (Å²) in [6, 6.07) is 22.9. The number of aromatic nitrogens is 3. The van der Waals surface area contributed by atoms with Gasteiger partial charge in [-0.3, -0.25) is 9.59 Å². The standard InChI is InChI=1S/C30H25F2N3O3/c1-20-27(16-25-12-13-29(36)35(33-25)17-21-6-4-8-23(31)14-21)26-10-2-3-11-28(26)34(20)18-30(37)38-19-22-7-5-9-24(32)15-22/h2-15H,16-19H2,1H3. The number of esters is 1. The molecule has 0 aliphatic heterocycles. The zero-order chi connectivity index (χ0) is 26.6. The number of para-hydroxylation sites is 1. The Kier molecular flexibility index (Phi) is 7.13. The van der Waals surface area contributed by atoms with E-state index in [2.05, 4.69) is 5.10 Å². The van der Waals surface area contributed by atoms with Gasteiger partial charge in [0.25, 0.3) is 5.56 Å². The van der Waals surface area contributed by atoms with E-state index in [4.69, 9.17) is 4.74 Å². The summed E-state index contributed by atoms with van der Waals surface area (Å²) in [5.41, 5.74) is 4.32. The number of carbonyl (C=O) groups excluding carboxylic acids is 1. The topological polar surface area (TPSA) is 66.1 Å². The second kappa shape index (κ2) is 10.8. The number of hydrogen-bond acceptors (Lipinski definition) is 4. The van der Waals surface area contributed by atoms with Crippen molar-refractivity contribution in [3.63, 3.8) is 0 Å². The molecule has 0 aliphatic rings. The third kappa shape index (κ3) is 5.54. The number of fused-ring (bicyclic) bond motifs is 1. The van der Waals surface area contributed by atoms with Gasteiger partial charge in [-0.2, -0.15) is 5.10 Å². The van der Waals surface area contributed by atoms with E-state index in [1.807, 2.05) is 35.8 Å². The molecule has 0 aliphatic carbocycles. The van der Waals surface area contributed by atoms with Crippen molar-refractivity contribution in [1.29, 1.82) is 0 Å². The van der Waals surface area contributed by atoms with Gasteiger partial charge in [0.1, 0.15) is 24.8 Å². The van der Waals surface area contributed by atoms with Gasteiger partial charge < -0.3 is 9.30 Å². The molecule has 5 aromatic rings. The molecule has 0 amide bonds. The molecule has 192 valence electrons. The van der Waals surface area contributed by atoms with Gasteiger partial charge in [0, 0.05) is 29.1 Å². The number of carbonyl (C=O) groups is 1. The highest BCUT2D eigenvalue weighted by molar-refractivity contribution is 5.87. The number of rotatable bonds is 8. The molecule has 38 heavy (non-hydrogen) atoms. The Labute approximate surface area is 217 Å². The Morgan fingerprint density at radius 1 is 0.895 bits per heavy atom. The van der Waals surface area contributed by atoms with Crippen LogP contribution in [-0.2, 0) is 35.6 Å². The normalized spacial score (nSPS) is 11.1. The minimum Gasteiger partial charge on any atom is -0.459 e. The van der Waals surface area contributed by atoms with Crippen LogP contribution in [0.3, 0.4) is 0 Å². The van der Waals surface area contributed by atoms with Crippen molar-refractivity contribution in [1.82, 2.24) is 14.3 Å². The van der Waals surface area contributed by atoms with Crippen molar-refractivity contribution < 1.29 is 18.3 Å². The van der Waals surface area contributed by atoms with Crippen LogP contribution in [0.25, 0.3) is 10.9 Å². The predicted molar refractivity (Wildman–Crippen MR) is 140 cm³/mol. The molecule has 5 rings (SSSR count). The van der Waals surface area contributed by atoms with E-state index >= 15 is 0 Å². The summed E-state index contributed by atoms with van der Waals surface area (Å²) < 4.78 is 35.7. The number of hydrogen-bond donors (Lipinski definition) is 0. The lowest BCUT2D eigenvalue weighted by Gasteiger charge is -2.10. The number of halogens is 2. The van der Waals surface area contributed by atoms with Crippen LogP contribution in [0.2, 0.25) is 0 Å². The van der Waals surface area contributed by atoms with Crippen LogP contribution in [0.5, 0.6) is 0 Å². The minimum absolute atomic E-state index is 0.00579. The molecule has 0 unspecified atom stereocenters. The van der Waals surface area contributed by atoms with E-state index in [0.29, 0.717) is 23.2 Å². The van der Waals surface area contributed by atoms with Crippen LogP contribution in [-0.4, -0.2) is 20.3 Å². The Balaban J connectivity index is 1.39. The van der Waals surface area contributed by atoms with Crippen molar-refractivity contribution in [2.45, 2.75) is 33.0 Å². The maximum absolute atomic E-state index is 13.6. The fourth-order valence-electron chi connectivity index (χ4n) is 4.58. The Morgan fingerprint density at radius 3 is 2.37 bits per heavy atom. The van der Waals surface area contributed by atoms with E-state index in [0.717, 1.165) is 22.2 Å².